The molecule has 0 spiro atoms. The number of benzene rings is 3. The van der Waals surface area contributed by atoms with Gasteiger partial charge in [0.25, 0.3) is 11.8 Å². The van der Waals surface area contributed by atoms with Crippen LogP contribution in [-0.4, -0.2) is 24.5 Å². The van der Waals surface area contributed by atoms with Gasteiger partial charge in [0.2, 0.25) is 0 Å². The van der Waals surface area contributed by atoms with Crippen LogP contribution in [0, 0.1) is 0 Å². The number of urea groups is 1. The van der Waals surface area contributed by atoms with Crippen LogP contribution in [0.1, 0.15) is 30.5 Å². The fourth-order valence-electron chi connectivity index (χ4n) is 3.91. The molecule has 1 fully saturated rings. The first-order chi connectivity index (χ1) is 17.8. The first kappa shape index (κ1) is 26.4. The summed E-state index contributed by atoms with van der Waals surface area (Å²) < 4.78 is 12.4. The average molecular weight is 584 g/mol. The van der Waals surface area contributed by atoms with Crippen molar-refractivity contribution in [1.82, 2.24) is 5.32 Å². The van der Waals surface area contributed by atoms with Crippen molar-refractivity contribution >= 4 is 57.1 Å². The van der Waals surface area contributed by atoms with Gasteiger partial charge in [0, 0.05) is 10.6 Å². The lowest BCUT2D eigenvalue weighted by molar-refractivity contribution is -0.122. The number of hydrogen-bond donors (Lipinski definition) is 1. The van der Waals surface area contributed by atoms with Gasteiger partial charge in [-0.2, -0.15) is 0 Å². The number of imide groups is 2. The Kier molecular flexibility index (Phi) is 8.31. The molecule has 1 heterocycles. The van der Waals surface area contributed by atoms with Gasteiger partial charge in [-0.3, -0.25) is 14.9 Å². The molecule has 0 radical (unpaired) electrons. The van der Waals surface area contributed by atoms with Crippen molar-refractivity contribution in [3.63, 3.8) is 0 Å². The molecule has 1 aliphatic rings. The Morgan fingerprint density at radius 3 is 2.38 bits per heavy atom. The Morgan fingerprint density at radius 1 is 0.973 bits per heavy atom. The van der Waals surface area contributed by atoms with Crippen molar-refractivity contribution < 1.29 is 23.9 Å². The largest absolute Gasteiger partial charge is 0.490 e. The van der Waals surface area contributed by atoms with Crippen molar-refractivity contribution in [3.05, 3.63) is 92.4 Å². The maximum absolute atomic E-state index is 13.4. The zero-order valence-corrected chi connectivity index (χ0v) is 22.6. The molecule has 0 aromatic heterocycles. The summed E-state index contributed by atoms with van der Waals surface area (Å²) in [5, 5.41) is 2.85. The standard InChI is InChI=1S/C28H24BrClN2O5/c1-3-18-9-6-8-12-23(18)32-27(34)20(26(33)31-28(32)35)13-17-14-21(29)25(24(15-17)36-4-2)37-16-19-10-5-7-11-22(19)30/h5-15H,3-4,16H2,1-2H3,(H,31,33,35)/b20-13-. The number of carbonyl (C=O) groups is 3. The van der Waals surface area contributed by atoms with E-state index in [4.69, 9.17) is 21.1 Å². The van der Waals surface area contributed by atoms with Crippen molar-refractivity contribution in [2.45, 2.75) is 26.9 Å². The third-order valence-electron chi connectivity index (χ3n) is 5.69. The van der Waals surface area contributed by atoms with Crippen molar-refractivity contribution in [1.29, 1.82) is 0 Å². The fourth-order valence-corrected chi connectivity index (χ4v) is 4.67. The van der Waals surface area contributed by atoms with Crippen LogP contribution < -0.4 is 19.7 Å². The molecule has 190 valence electrons. The first-order valence-corrected chi connectivity index (χ1v) is 12.8. The molecule has 4 amide bonds. The van der Waals surface area contributed by atoms with Gasteiger partial charge in [-0.15, -0.1) is 0 Å². The van der Waals surface area contributed by atoms with Crippen LogP contribution in [0.2, 0.25) is 5.02 Å². The number of amides is 4. The van der Waals surface area contributed by atoms with Gasteiger partial charge in [-0.05, 0) is 70.7 Å². The summed E-state index contributed by atoms with van der Waals surface area (Å²) in [5.41, 5.74) is 2.39. The lowest BCUT2D eigenvalue weighted by Crippen LogP contribution is -2.54. The summed E-state index contributed by atoms with van der Waals surface area (Å²) in [7, 11) is 0. The number of anilines is 1. The molecule has 0 atom stereocenters. The molecule has 1 saturated heterocycles. The molecule has 0 unspecified atom stereocenters. The van der Waals surface area contributed by atoms with Crippen LogP contribution in [0.25, 0.3) is 6.08 Å². The number of ether oxygens (including phenoxy) is 2. The van der Waals surface area contributed by atoms with Gasteiger partial charge < -0.3 is 9.47 Å². The second-order valence-electron chi connectivity index (χ2n) is 8.08. The number of para-hydroxylation sites is 1. The van der Waals surface area contributed by atoms with Crippen molar-refractivity contribution in [2.24, 2.45) is 0 Å². The van der Waals surface area contributed by atoms with E-state index in [-0.39, 0.29) is 12.2 Å². The van der Waals surface area contributed by atoms with E-state index in [1.165, 1.54) is 6.08 Å². The van der Waals surface area contributed by atoms with Crippen LogP contribution in [0.5, 0.6) is 11.5 Å². The maximum Gasteiger partial charge on any atom is 0.335 e. The number of nitrogens with zero attached hydrogens (tertiary/aromatic N) is 1. The second-order valence-corrected chi connectivity index (χ2v) is 9.34. The molecular weight excluding hydrogens is 560 g/mol. The van der Waals surface area contributed by atoms with Gasteiger partial charge in [0.05, 0.1) is 16.8 Å². The monoisotopic (exact) mass is 582 g/mol. The normalized spacial score (nSPS) is 14.6. The minimum atomic E-state index is -0.785. The van der Waals surface area contributed by atoms with Crippen LogP contribution in [-0.2, 0) is 22.6 Å². The summed E-state index contributed by atoms with van der Waals surface area (Å²) in [6, 6.07) is 17.0. The predicted molar refractivity (Wildman–Crippen MR) is 146 cm³/mol. The molecule has 1 N–H and O–H groups in total. The highest BCUT2D eigenvalue weighted by molar-refractivity contribution is 9.10. The smallest absolute Gasteiger partial charge is 0.335 e. The Balaban J connectivity index is 1.68. The molecular formula is C28H24BrClN2O5. The van der Waals surface area contributed by atoms with E-state index in [1.54, 1.807) is 30.3 Å². The molecule has 3 aromatic rings. The molecule has 37 heavy (non-hydrogen) atoms. The molecule has 0 saturated carbocycles. The van der Waals surface area contributed by atoms with E-state index >= 15 is 0 Å². The molecule has 1 aliphatic heterocycles. The number of hydrogen-bond acceptors (Lipinski definition) is 5. The van der Waals surface area contributed by atoms with Gasteiger partial charge in [0.1, 0.15) is 12.2 Å². The van der Waals surface area contributed by atoms with Gasteiger partial charge >= 0.3 is 6.03 Å². The molecule has 9 heteroatoms. The molecule has 4 rings (SSSR count). The summed E-state index contributed by atoms with van der Waals surface area (Å²) in [6.45, 7) is 4.34. The molecule has 3 aromatic carbocycles. The maximum atomic E-state index is 13.4. The number of nitrogens with one attached hydrogen (secondary N) is 1. The molecule has 7 nitrogen and oxygen atoms in total. The van der Waals surface area contributed by atoms with Crippen LogP contribution >= 0.6 is 27.5 Å². The quantitative estimate of drug-likeness (QED) is 0.248. The van der Waals surface area contributed by atoms with E-state index in [0.29, 0.717) is 45.3 Å². The Labute approximate surface area is 228 Å². The topological polar surface area (TPSA) is 84.9 Å². The fraction of sp³-hybridized carbons (Fsp3) is 0.179. The van der Waals surface area contributed by atoms with Crippen molar-refractivity contribution in [2.75, 3.05) is 11.5 Å². The zero-order chi connectivity index (χ0) is 26.5. The lowest BCUT2D eigenvalue weighted by Gasteiger charge is -2.28. The Bertz CT molecular complexity index is 1410. The second kappa shape index (κ2) is 11.6. The van der Waals surface area contributed by atoms with Gasteiger partial charge in [-0.1, -0.05) is 54.9 Å². The summed E-state index contributed by atoms with van der Waals surface area (Å²) in [6.07, 6.45) is 2.04. The summed E-state index contributed by atoms with van der Waals surface area (Å²) >= 11 is 9.76. The third-order valence-corrected chi connectivity index (χ3v) is 6.65. The van der Waals surface area contributed by atoms with Crippen molar-refractivity contribution in [3.8, 4) is 11.5 Å². The number of halogens is 2. The molecule has 0 bridgehead atoms. The minimum absolute atomic E-state index is 0.176. The van der Waals surface area contributed by atoms with E-state index in [1.807, 2.05) is 44.2 Å². The number of barbiturate groups is 1. The lowest BCUT2D eigenvalue weighted by atomic mass is 10.0. The van der Waals surface area contributed by atoms with Gasteiger partial charge in [-0.25, -0.2) is 9.69 Å². The third kappa shape index (κ3) is 5.70. The summed E-state index contributed by atoms with van der Waals surface area (Å²) in [5.74, 6) is -0.600. The van der Waals surface area contributed by atoms with E-state index < -0.39 is 17.8 Å². The van der Waals surface area contributed by atoms with E-state index in [0.717, 1.165) is 16.0 Å². The predicted octanol–water partition coefficient (Wildman–Crippen LogP) is 6.31. The number of rotatable bonds is 8. The number of aryl methyl sites for hydroxylation is 1. The highest BCUT2D eigenvalue weighted by Crippen LogP contribution is 2.38. The summed E-state index contributed by atoms with van der Waals surface area (Å²) in [4.78, 5) is 39.7. The van der Waals surface area contributed by atoms with Crippen LogP contribution in [0.15, 0.2) is 70.7 Å². The highest BCUT2D eigenvalue weighted by Gasteiger charge is 2.37. The van der Waals surface area contributed by atoms with Crippen LogP contribution in [0.4, 0.5) is 10.5 Å². The molecule has 0 aliphatic carbocycles. The SMILES string of the molecule is CCOc1cc(/C=C2/C(=O)NC(=O)N(c3ccccc3CC)C2=O)cc(Br)c1OCc1ccccc1Cl. The van der Waals surface area contributed by atoms with E-state index in [9.17, 15) is 14.4 Å². The number of carbonyl (C=O) groups excluding carboxylic acids is 3. The zero-order valence-electron chi connectivity index (χ0n) is 20.2. The van der Waals surface area contributed by atoms with Crippen LogP contribution in [0.3, 0.4) is 0 Å². The van der Waals surface area contributed by atoms with Gasteiger partial charge in [0.15, 0.2) is 11.5 Å². The Hall–Kier alpha value is -3.62. The minimum Gasteiger partial charge on any atom is -0.490 e. The Morgan fingerprint density at radius 2 is 1.68 bits per heavy atom. The first-order valence-electron chi connectivity index (χ1n) is 11.7. The highest BCUT2D eigenvalue weighted by atomic mass is 79.9. The average Bonchev–Trinajstić information content (AvgIpc) is 2.87. The van der Waals surface area contributed by atoms with E-state index in [2.05, 4.69) is 21.2 Å².